The Morgan fingerprint density at radius 3 is 2.32 bits per heavy atom. The van der Waals surface area contributed by atoms with E-state index in [1.165, 1.54) is 12.1 Å². The van der Waals surface area contributed by atoms with Gasteiger partial charge in [-0.05, 0) is 23.3 Å². The number of nitro benzene ring substituents is 1. The van der Waals surface area contributed by atoms with Crippen molar-refractivity contribution in [2.45, 2.75) is 0 Å². The van der Waals surface area contributed by atoms with Crippen LogP contribution in [-0.4, -0.2) is 12.0 Å². The molecule has 96 valence electrons. The molecular weight excluding hydrogens is 242 g/mol. The van der Waals surface area contributed by atoms with Gasteiger partial charge < -0.3 is 4.74 Å². The average Bonchev–Trinajstić information content (AvgIpc) is 2.45. The zero-order valence-corrected chi connectivity index (χ0v) is 10.4. The third-order valence-corrected chi connectivity index (χ3v) is 2.64. The number of methoxy groups -OCH3 is 1. The van der Waals surface area contributed by atoms with Crippen LogP contribution in [0, 0.1) is 10.1 Å². The largest absolute Gasteiger partial charge is 0.497 e. The molecule has 4 heteroatoms. The summed E-state index contributed by atoms with van der Waals surface area (Å²) in [5.41, 5.74) is 1.86. The van der Waals surface area contributed by atoms with E-state index in [9.17, 15) is 10.1 Å². The molecule has 0 atom stereocenters. The maximum atomic E-state index is 10.7. The molecule has 0 aliphatic rings. The van der Waals surface area contributed by atoms with Gasteiger partial charge in [-0.1, -0.05) is 36.4 Å². The quantitative estimate of drug-likeness (QED) is 0.474. The summed E-state index contributed by atoms with van der Waals surface area (Å²) < 4.78 is 5.13. The van der Waals surface area contributed by atoms with Gasteiger partial charge in [0.15, 0.2) is 0 Å². The van der Waals surface area contributed by atoms with Gasteiger partial charge in [-0.3, -0.25) is 10.1 Å². The van der Waals surface area contributed by atoms with E-state index in [-0.39, 0.29) is 5.69 Å². The van der Waals surface area contributed by atoms with Crippen LogP contribution in [0.5, 0.6) is 5.75 Å². The maximum Gasteiger partial charge on any atom is 0.270 e. The number of hydrogen-bond donors (Lipinski definition) is 0. The number of ether oxygens (including phenoxy) is 1. The van der Waals surface area contributed by atoms with Crippen LogP contribution in [0.15, 0.2) is 48.5 Å². The molecule has 0 saturated carbocycles. The molecule has 2 rings (SSSR count). The Morgan fingerprint density at radius 2 is 1.68 bits per heavy atom. The van der Waals surface area contributed by atoms with Crippen molar-refractivity contribution in [3.8, 4) is 5.75 Å². The highest BCUT2D eigenvalue weighted by atomic mass is 16.6. The number of rotatable bonds is 4. The van der Waals surface area contributed by atoms with Gasteiger partial charge >= 0.3 is 0 Å². The summed E-state index contributed by atoms with van der Waals surface area (Å²) in [6, 6.07) is 14.1. The minimum atomic E-state index is -0.400. The van der Waals surface area contributed by atoms with Gasteiger partial charge in [-0.15, -0.1) is 0 Å². The van der Waals surface area contributed by atoms with Gasteiger partial charge in [0.2, 0.25) is 0 Å². The van der Waals surface area contributed by atoms with E-state index in [1.807, 2.05) is 42.5 Å². The van der Waals surface area contributed by atoms with E-state index in [0.717, 1.165) is 16.9 Å². The summed E-state index contributed by atoms with van der Waals surface area (Å²) in [4.78, 5) is 10.3. The summed E-state index contributed by atoms with van der Waals surface area (Å²) in [5, 5.41) is 10.7. The molecule has 0 aliphatic carbocycles. The zero-order valence-electron chi connectivity index (χ0n) is 10.4. The first-order valence-corrected chi connectivity index (χ1v) is 5.75. The Kier molecular flexibility index (Phi) is 3.93. The topological polar surface area (TPSA) is 52.4 Å². The number of non-ortho nitro benzene ring substituents is 1. The first-order chi connectivity index (χ1) is 9.19. The van der Waals surface area contributed by atoms with Crippen molar-refractivity contribution in [1.82, 2.24) is 0 Å². The second-order valence-corrected chi connectivity index (χ2v) is 3.96. The molecule has 2 aromatic carbocycles. The molecule has 0 N–H and O–H groups in total. The van der Waals surface area contributed by atoms with Gasteiger partial charge in [0.1, 0.15) is 5.75 Å². The molecule has 4 nitrogen and oxygen atoms in total. The van der Waals surface area contributed by atoms with Gasteiger partial charge in [0.05, 0.1) is 12.0 Å². The predicted molar refractivity (Wildman–Crippen MR) is 75.0 cm³/mol. The lowest BCUT2D eigenvalue weighted by Crippen LogP contribution is -1.87. The van der Waals surface area contributed by atoms with Crippen molar-refractivity contribution in [3.05, 3.63) is 69.8 Å². The highest BCUT2D eigenvalue weighted by Crippen LogP contribution is 2.17. The smallest absolute Gasteiger partial charge is 0.270 e. The summed E-state index contributed by atoms with van der Waals surface area (Å²) in [5.74, 6) is 0.779. The highest BCUT2D eigenvalue weighted by molar-refractivity contribution is 5.71. The van der Waals surface area contributed by atoms with E-state index in [1.54, 1.807) is 13.2 Å². The van der Waals surface area contributed by atoms with Crippen LogP contribution in [0.1, 0.15) is 11.1 Å². The first kappa shape index (κ1) is 12.8. The van der Waals surface area contributed by atoms with Crippen molar-refractivity contribution in [2.24, 2.45) is 0 Å². The molecular formula is C15H13NO3. The number of hydrogen-bond acceptors (Lipinski definition) is 3. The second-order valence-electron chi connectivity index (χ2n) is 3.96. The van der Waals surface area contributed by atoms with E-state index in [0.29, 0.717) is 0 Å². The molecule has 0 aliphatic heterocycles. The molecule has 0 amide bonds. The molecule has 0 radical (unpaired) electrons. The van der Waals surface area contributed by atoms with E-state index >= 15 is 0 Å². The average molecular weight is 255 g/mol. The van der Waals surface area contributed by atoms with Gasteiger partial charge in [-0.2, -0.15) is 0 Å². The fourth-order valence-electron chi connectivity index (χ4n) is 1.68. The van der Waals surface area contributed by atoms with E-state index in [2.05, 4.69) is 0 Å². The van der Waals surface area contributed by atoms with E-state index in [4.69, 9.17) is 4.74 Å². The lowest BCUT2D eigenvalue weighted by atomic mass is 10.1. The van der Waals surface area contributed by atoms with Gasteiger partial charge in [0, 0.05) is 12.1 Å². The van der Waals surface area contributed by atoms with Crippen LogP contribution < -0.4 is 4.74 Å². The van der Waals surface area contributed by atoms with Crippen molar-refractivity contribution in [3.63, 3.8) is 0 Å². The molecule has 0 bridgehead atoms. The third kappa shape index (κ3) is 3.42. The Bertz CT molecular complexity index is 620. The van der Waals surface area contributed by atoms with Crippen LogP contribution in [0.4, 0.5) is 5.69 Å². The molecule has 2 aromatic rings. The number of nitrogens with zero attached hydrogens (tertiary/aromatic N) is 1. The van der Waals surface area contributed by atoms with Gasteiger partial charge in [-0.25, -0.2) is 0 Å². The Balaban J connectivity index is 2.22. The van der Waals surface area contributed by atoms with Crippen molar-refractivity contribution in [1.29, 1.82) is 0 Å². The lowest BCUT2D eigenvalue weighted by Gasteiger charge is -2.00. The number of nitro groups is 1. The second kappa shape index (κ2) is 5.82. The minimum Gasteiger partial charge on any atom is -0.497 e. The number of benzene rings is 2. The first-order valence-electron chi connectivity index (χ1n) is 5.75. The van der Waals surface area contributed by atoms with Crippen molar-refractivity contribution >= 4 is 17.8 Å². The Hall–Kier alpha value is -2.62. The van der Waals surface area contributed by atoms with Crippen LogP contribution in [0.3, 0.4) is 0 Å². The third-order valence-electron chi connectivity index (χ3n) is 2.64. The molecule has 0 heterocycles. The summed E-state index contributed by atoms with van der Waals surface area (Å²) in [7, 11) is 1.61. The Morgan fingerprint density at radius 1 is 1.05 bits per heavy atom. The van der Waals surface area contributed by atoms with Crippen LogP contribution in [-0.2, 0) is 0 Å². The summed E-state index contributed by atoms with van der Waals surface area (Å²) in [6.45, 7) is 0. The molecule has 0 spiro atoms. The minimum absolute atomic E-state index is 0.0905. The maximum absolute atomic E-state index is 10.7. The summed E-state index contributed by atoms with van der Waals surface area (Å²) >= 11 is 0. The van der Waals surface area contributed by atoms with Crippen molar-refractivity contribution < 1.29 is 9.66 Å². The molecule has 0 unspecified atom stereocenters. The normalized spacial score (nSPS) is 10.6. The fourth-order valence-corrected chi connectivity index (χ4v) is 1.68. The summed E-state index contributed by atoms with van der Waals surface area (Å²) in [6.07, 6.45) is 3.73. The SMILES string of the molecule is COc1cccc(C=Cc2cccc([N+](=O)[O-])c2)c1. The molecule has 0 aromatic heterocycles. The molecule has 0 saturated heterocycles. The zero-order chi connectivity index (χ0) is 13.7. The van der Waals surface area contributed by atoms with Crippen molar-refractivity contribution in [2.75, 3.05) is 7.11 Å². The predicted octanol–water partition coefficient (Wildman–Crippen LogP) is 3.77. The van der Waals surface area contributed by atoms with Crippen LogP contribution in [0.25, 0.3) is 12.2 Å². The molecule has 19 heavy (non-hydrogen) atoms. The standard InChI is InChI=1S/C15H13NO3/c1-19-15-7-3-5-13(11-15)9-8-12-4-2-6-14(10-12)16(17)18/h2-11H,1H3. The van der Waals surface area contributed by atoms with Crippen LogP contribution >= 0.6 is 0 Å². The van der Waals surface area contributed by atoms with Crippen LogP contribution in [0.2, 0.25) is 0 Å². The lowest BCUT2D eigenvalue weighted by molar-refractivity contribution is -0.384. The monoisotopic (exact) mass is 255 g/mol. The Labute approximate surface area is 111 Å². The highest BCUT2D eigenvalue weighted by Gasteiger charge is 2.03. The van der Waals surface area contributed by atoms with Gasteiger partial charge in [0.25, 0.3) is 5.69 Å². The van der Waals surface area contributed by atoms with E-state index < -0.39 is 4.92 Å². The fraction of sp³-hybridized carbons (Fsp3) is 0.0667. The molecule has 0 fully saturated rings.